The van der Waals surface area contributed by atoms with Crippen LogP contribution in [-0.4, -0.2) is 43.7 Å². The van der Waals surface area contributed by atoms with Crippen LogP contribution in [0.1, 0.15) is 18.4 Å². The highest BCUT2D eigenvalue weighted by molar-refractivity contribution is 5.92. The van der Waals surface area contributed by atoms with E-state index in [4.69, 9.17) is 0 Å². The molecule has 0 atom stereocenters. The molecule has 1 amide bonds. The van der Waals surface area contributed by atoms with Gasteiger partial charge in [-0.2, -0.15) is 5.10 Å². The van der Waals surface area contributed by atoms with Crippen molar-refractivity contribution in [3.05, 3.63) is 54.9 Å². The molecule has 8 heteroatoms. The molecule has 3 aromatic rings. The summed E-state index contributed by atoms with van der Waals surface area (Å²) in [5.74, 6) is 1.62. The standard InChI is InChI=1S/C19H21N7O/c1-14-3-2-4-16(9-14)24-19(27)15-5-7-25(8-6-15)17-10-18(22-12-21-17)26-13-20-11-23-26/h2-4,9-13,15H,5-8H2,1H3,(H,24,27). The van der Waals surface area contributed by atoms with E-state index in [1.54, 1.807) is 11.0 Å². The minimum Gasteiger partial charge on any atom is -0.356 e. The molecular formula is C19H21N7O. The highest BCUT2D eigenvalue weighted by atomic mass is 16.1. The topological polar surface area (TPSA) is 88.8 Å². The first kappa shape index (κ1) is 17.1. The summed E-state index contributed by atoms with van der Waals surface area (Å²) in [6.07, 6.45) is 6.19. The summed E-state index contributed by atoms with van der Waals surface area (Å²) in [6, 6.07) is 9.77. The number of benzene rings is 1. The quantitative estimate of drug-likeness (QED) is 0.765. The van der Waals surface area contributed by atoms with Gasteiger partial charge in [0.15, 0.2) is 5.82 Å². The maximum atomic E-state index is 12.6. The molecule has 138 valence electrons. The molecule has 8 nitrogen and oxygen atoms in total. The van der Waals surface area contributed by atoms with Crippen molar-refractivity contribution >= 4 is 17.4 Å². The van der Waals surface area contributed by atoms with Gasteiger partial charge in [0.05, 0.1) is 0 Å². The molecule has 1 saturated heterocycles. The molecular weight excluding hydrogens is 342 g/mol. The van der Waals surface area contributed by atoms with E-state index < -0.39 is 0 Å². The minimum absolute atomic E-state index is 0.0124. The van der Waals surface area contributed by atoms with Crippen molar-refractivity contribution < 1.29 is 4.79 Å². The summed E-state index contributed by atoms with van der Waals surface area (Å²) >= 11 is 0. The van der Waals surface area contributed by atoms with Crippen LogP contribution in [0.15, 0.2) is 49.3 Å². The number of hydrogen-bond acceptors (Lipinski definition) is 6. The van der Waals surface area contributed by atoms with Crippen LogP contribution in [0, 0.1) is 12.8 Å². The van der Waals surface area contributed by atoms with Gasteiger partial charge < -0.3 is 10.2 Å². The number of aromatic nitrogens is 5. The number of piperidine rings is 1. The number of aryl methyl sites for hydroxylation is 1. The molecule has 0 saturated carbocycles. The van der Waals surface area contributed by atoms with Crippen LogP contribution >= 0.6 is 0 Å². The van der Waals surface area contributed by atoms with Gasteiger partial charge in [0, 0.05) is 30.8 Å². The largest absolute Gasteiger partial charge is 0.356 e. The monoisotopic (exact) mass is 363 g/mol. The van der Waals surface area contributed by atoms with Crippen LogP contribution in [-0.2, 0) is 4.79 Å². The Labute approximate surface area is 157 Å². The number of nitrogens with zero attached hydrogens (tertiary/aromatic N) is 6. The van der Waals surface area contributed by atoms with Gasteiger partial charge in [-0.05, 0) is 37.5 Å². The van der Waals surface area contributed by atoms with Crippen molar-refractivity contribution in [3.8, 4) is 5.82 Å². The van der Waals surface area contributed by atoms with Crippen molar-refractivity contribution in [1.82, 2.24) is 24.7 Å². The van der Waals surface area contributed by atoms with E-state index in [9.17, 15) is 4.79 Å². The lowest BCUT2D eigenvalue weighted by Crippen LogP contribution is -2.38. The van der Waals surface area contributed by atoms with E-state index >= 15 is 0 Å². The molecule has 1 aliphatic rings. The Balaban J connectivity index is 1.37. The number of carbonyl (C=O) groups is 1. The summed E-state index contributed by atoms with van der Waals surface area (Å²) in [5.41, 5.74) is 1.99. The Morgan fingerprint density at radius 3 is 2.67 bits per heavy atom. The molecule has 27 heavy (non-hydrogen) atoms. The molecule has 0 bridgehead atoms. The zero-order valence-corrected chi connectivity index (χ0v) is 15.1. The molecule has 1 aromatic carbocycles. The van der Waals surface area contributed by atoms with Crippen molar-refractivity contribution in [1.29, 1.82) is 0 Å². The average molecular weight is 363 g/mol. The molecule has 2 aromatic heterocycles. The SMILES string of the molecule is Cc1cccc(NC(=O)C2CCN(c3cc(-n4cncn4)ncn3)CC2)c1. The van der Waals surface area contributed by atoms with E-state index in [1.807, 2.05) is 37.3 Å². The lowest BCUT2D eigenvalue weighted by atomic mass is 9.95. The van der Waals surface area contributed by atoms with Crippen LogP contribution in [0.3, 0.4) is 0 Å². The molecule has 1 aliphatic heterocycles. The summed E-state index contributed by atoms with van der Waals surface area (Å²) in [7, 11) is 0. The van der Waals surface area contributed by atoms with E-state index in [0.29, 0.717) is 5.82 Å². The van der Waals surface area contributed by atoms with Crippen molar-refractivity contribution in [2.75, 3.05) is 23.3 Å². The smallest absolute Gasteiger partial charge is 0.227 e. The zero-order valence-electron chi connectivity index (χ0n) is 15.1. The molecule has 4 rings (SSSR count). The molecule has 0 unspecified atom stereocenters. The molecule has 0 radical (unpaired) electrons. The summed E-state index contributed by atoms with van der Waals surface area (Å²) in [5, 5.41) is 7.13. The van der Waals surface area contributed by atoms with Crippen molar-refractivity contribution in [2.45, 2.75) is 19.8 Å². The van der Waals surface area contributed by atoms with Crippen molar-refractivity contribution in [3.63, 3.8) is 0 Å². The predicted molar refractivity (Wildman–Crippen MR) is 102 cm³/mol. The predicted octanol–water partition coefficient (Wildman–Crippen LogP) is 2.22. The number of nitrogens with one attached hydrogen (secondary N) is 1. The Bertz CT molecular complexity index is 917. The maximum absolute atomic E-state index is 12.6. The van der Waals surface area contributed by atoms with E-state index in [-0.39, 0.29) is 11.8 Å². The lowest BCUT2D eigenvalue weighted by molar-refractivity contribution is -0.120. The fraction of sp³-hybridized carbons (Fsp3) is 0.316. The Hall–Kier alpha value is -3.29. The van der Waals surface area contributed by atoms with Crippen LogP contribution in [0.5, 0.6) is 0 Å². The van der Waals surface area contributed by atoms with Gasteiger partial charge >= 0.3 is 0 Å². The minimum atomic E-state index is 0.0124. The third-order valence-electron chi connectivity index (χ3n) is 4.77. The van der Waals surface area contributed by atoms with Crippen LogP contribution in [0.25, 0.3) is 5.82 Å². The number of anilines is 2. The Kier molecular flexibility index (Phi) is 4.78. The fourth-order valence-electron chi connectivity index (χ4n) is 3.30. The Morgan fingerprint density at radius 2 is 1.93 bits per heavy atom. The summed E-state index contributed by atoms with van der Waals surface area (Å²) in [6.45, 7) is 3.57. The van der Waals surface area contributed by atoms with E-state index in [1.165, 1.54) is 12.7 Å². The first-order valence-corrected chi connectivity index (χ1v) is 8.98. The van der Waals surface area contributed by atoms with Gasteiger partial charge in [-0.25, -0.2) is 19.6 Å². The number of carbonyl (C=O) groups excluding carboxylic acids is 1. The van der Waals surface area contributed by atoms with Gasteiger partial charge in [-0.3, -0.25) is 4.79 Å². The normalized spacial score (nSPS) is 14.9. The molecule has 3 heterocycles. The fourth-order valence-corrected chi connectivity index (χ4v) is 3.30. The molecule has 0 aliphatic carbocycles. The van der Waals surface area contributed by atoms with Gasteiger partial charge in [-0.1, -0.05) is 12.1 Å². The Morgan fingerprint density at radius 1 is 1.11 bits per heavy atom. The first-order valence-electron chi connectivity index (χ1n) is 8.98. The second kappa shape index (κ2) is 7.53. The van der Waals surface area contributed by atoms with Crippen LogP contribution in [0.4, 0.5) is 11.5 Å². The van der Waals surface area contributed by atoms with E-state index in [0.717, 1.165) is 43.0 Å². The van der Waals surface area contributed by atoms with E-state index in [2.05, 4.69) is 30.3 Å². The number of rotatable bonds is 4. The highest BCUT2D eigenvalue weighted by Crippen LogP contribution is 2.24. The first-order chi connectivity index (χ1) is 13.2. The third-order valence-corrected chi connectivity index (χ3v) is 4.77. The third kappa shape index (κ3) is 3.94. The number of amides is 1. The summed E-state index contributed by atoms with van der Waals surface area (Å²) < 4.78 is 1.60. The molecule has 1 fully saturated rings. The van der Waals surface area contributed by atoms with Gasteiger partial charge in [0.25, 0.3) is 0 Å². The second-order valence-corrected chi connectivity index (χ2v) is 6.69. The average Bonchev–Trinajstić information content (AvgIpc) is 3.23. The second-order valence-electron chi connectivity index (χ2n) is 6.69. The number of hydrogen-bond donors (Lipinski definition) is 1. The zero-order chi connectivity index (χ0) is 18.6. The van der Waals surface area contributed by atoms with Gasteiger partial charge in [0.2, 0.25) is 5.91 Å². The van der Waals surface area contributed by atoms with Gasteiger partial charge in [0.1, 0.15) is 24.8 Å². The maximum Gasteiger partial charge on any atom is 0.227 e. The van der Waals surface area contributed by atoms with Crippen LogP contribution in [0.2, 0.25) is 0 Å². The molecule has 0 spiro atoms. The summed E-state index contributed by atoms with van der Waals surface area (Å²) in [4.78, 5) is 27.3. The lowest BCUT2D eigenvalue weighted by Gasteiger charge is -2.32. The van der Waals surface area contributed by atoms with Crippen LogP contribution < -0.4 is 10.2 Å². The van der Waals surface area contributed by atoms with Crippen molar-refractivity contribution in [2.24, 2.45) is 5.92 Å². The molecule has 1 N–H and O–H groups in total. The highest BCUT2D eigenvalue weighted by Gasteiger charge is 2.26. The van der Waals surface area contributed by atoms with Gasteiger partial charge in [-0.15, -0.1) is 0 Å².